The van der Waals surface area contributed by atoms with Crippen LogP contribution in [0.2, 0.25) is 0 Å². The highest BCUT2D eigenvalue weighted by Gasteiger charge is 2.35. The van der Waals surface area contributed by atoms with Crippen molar-refractivity contribution in [1.29, 1.82) is 5.26 Å². The summed E-state index contributed by atoms with van der Waals surface area (Å²) >= 11 is 3.27. The van der Waals surface area contributed by atoms with Crippen LogP contribution in [0.1, 0.15) is 51.0 Å². The van der Waals surface area contributed by atoms with E-state index in [1.165, 1.54) is 18.9 Å². The van der Waals surface area contributed by atoms with Crippen molar-refractivity contribution in [2.75, 3.05) is 0 Å². The summed E-state index contributed by atoms with van der Waals surface area (Å²) in [7, 11) is 0. The van der Waals surface area contributed by atoms with Gasteiger partial charge in [0.1, 0.15) is 5.82 Å². The van der Waals surface area contributed by atoms with E-state index in [9.17, 15) is 9.65 Å². The zero-order valence-corrected chi connectivity index (χ0v) is 13.5. The summed E-state index contributed by atoms with van der Waals surface area (Å²) in [4.78, 5) is 0. The first-order chi connectivity index (χ1) is 9.58. The van der Waals surface area contributed by atoms with Gasteiger partial charge >= 0.3 is 0 Å². The van der Waals surface area contributed by atoms with E-state index in [4.69, 9.17) is 0 Å². The van der Waals surface area contributed by atoms with E-state index in [2.05, 4.69) is 28.9 Å². The fourth-order valence-electron chi connectivity index (χ4n) is 3.28. The van der Waals surface area contributed by atoms with Crippen LogP contribution in [0.3, 0.4) is 0 Å². The molecule has 0 spiro atoms. The highest BCUT2D eigenvalue weighted by Crippen LogP contribution is 2.42. The fraction of sp³-hybridized carbons (Fsp3) is 0.588. The Balaban J connectivity index is 2.08. The average Bonchev–Trinajstić information content (AvgIpc) is 2.45. The van der Waals surface area contributed by atoms with Gasteiger partial charge in [-0.25, -0.2) is 4.39 Å². The van der Waals surface area contributed by atoms with Crippen LogP contribution in [0.4, 0.5) is 4.39 Å². The Morgan fingerprint density at radius 3 is 2.65 bits per heavy atom. The molecule has 1 fully saturated rings. The van der Waals surface area contributed by atoms with Gasteiger partial charge in [-0.15, -0.1) is 0 Å². The van der Waals surface area contributed by atoms with Gasteiger partial charge in [0.2, 0.25) is 0 Å². The molecular weight excluding hydrogens is 317 g/mol. The monoisotopic (exact) mass is 337 g/mol. The summed E-state index contributed by atoms with van der Waals surface area (Å²) < 4.78 is 14.7. The quantitative estimate of drug-likeness (QED) is 0.698. The molecule has 1 aliphatic carbocycles. The Morgan fingerprint density at radius 1 is 1.40 bits per heavy atom. The Morgan fingerprint density at radius 2 is 2.10 bits per heavy atom. The van der Waals surface area contributed by atoms with Crippen molar-refractivity contribution in [2.45, 2.75) is 51.9 Å². The van der Waals surface area contributed by atoms with E-state index in [0.717, 1.165) is 36.1 Å². The summed E-state index contributed by atoms with van der Waals surface area (Å²) in [6.07, 6.45) is 7.05. The molecule has 0 amide bonds. The molecule has 0 heterocycles. The third-order valence-electron chi connectivity index (χ3n) is 4.54. The molecule has 0 aliphatic heterocycles. The third-order valence-corrected chi connectivity index (χ3v) is 5.03. The third kappa shape index (κ3) is 3.61. The van der Waals surface area contributed by atoms with Crippen LogP contribution < -0.4 is 0 Å². The minimum absolute atomic E-state index is 0.204. The SMILES string of the molecule is CCCC1CCC(C#N)(Cc2ccc(Br)cc2F)CC1. The zero-order chi connectivity index (χ0) is 14.6. The lowest BCUT2D eigenvalue weighted by Crippen LogP contribution is -2.28. The van der Waals surface area contributed by atoms with Gasteiger partial charge in [-0.1, -0.05) is 41.8 Å². The Hall–Kier alpha value is -0.880. The molecule has 0 atom stereocenters. The van der Waals surface area contributed by atoms with Gasteiger partial charge in [-0.05, 0) is 55.7 Å². The van der Waals surface area contributed by atoms with Crippen molar-refractivity contribution >= 4 is 15.9 Å². The van der Waals surface area contributed by atoms with Crippen molar-refractivity contribution in [3.05, 3.63) is 34.1 Å². The second-order valence-electron chi connectivity index (χ2n) is 6.04. The molecule has 20 heavy (non-hydrogen) atoms. The molecule has 0 aromatic heterocycles. The lowest BCUT2D eigenvalue weighted by Gasteiger charge is -2.35. The van der Waals surface area contributed by atoms with Gasteiger partial charge in [0.25, 0.3) is 0 Å². The second kappa shape index (κ2) is 6.72. The van der Waals surface area contributed by atoms with Crippen LogP contribution >= 0.6 is 15.9 Å². The average molecular weight is 338 g/mol. The first-order valence-corrected chi connectivity index (χ1v) is 8.23. The molecule has 108 valence electrons. The van der Waals surface area contributed by atoms with Crippen LogP contribution in [0.25, 0.3) is 0 Å². The number of hydrogen-bond acceptors (Lipinski definition) is 1. The van der Waals surface area contributed by atoms with Crippen molar-refractivity contribution in [1.82, 2.24) is 0 Å². The summed E-state index contributed by atoms with van der Waals surface area (Å²) in [5.74, 6) is 0.556. The summed E-state index contributed by atoms with van der Waals surface area (Å²) in [6.45, 7) is 2.21. The molecule has 1 aromatic carbocycles. The Kier molecular flexibility index (Phi) is 5.21. The van der Waals surface area contributed by atoms with E-state index in [0.29, 0.717) is 12.0 Å². The predicted octanol–water partition coefficient (Wildman–Crippen LogP) is 5.63. The van der Waals surface area contributed by atoms with Crippen LogP contribution in [0, 0.1) is 28.5 Å². The van der Waals surface area contributed by atoms with Gasteiger partial charge in [0, 0.05) is 4.47 Å². The van der Waals surface area contributed by atoms with Crippen molar-refractivity contribution in [3.63, 3.8) is 0 Å². The molecule has 1 nitrogen and oxygen atoms in total. The Labute approximate surface area is 129 Å². The van der Waals surface area contributed by atoms with Gasteiger partial charge in [0.15, 0.2) is 0 Å². The number of rotatable bonds is 4. The van der Waals surface area contributed by atoms with Crippen LogP contribution in [-0.2, 0) is 6.42 Å². The molecular formula is C17H21BrFN. The van der Waals surface area contributed by atoms with E-state index in [1.54, 1.807) is 6.07 Å². The highest BCUT2D eigenvalue weighted by molar-refractivity contribution is 9.10. The smallest absolute Gasteiger partial charge is 0.127 e. The molecule has 0 bridgehead atoms. The summed E-state index contributed by atoms with van der Waals surface area (Å²) in [6, 6.07) is 7.64. The van der Waals surface area contributed by atoms with E-state index < -0.39 is 0 Å². The zero-order valence-electron chi connectivity index (χ0n) is 12.0. The maximum atomic E-state index is 14.0. The van der Waals surface area contributed by atoms with Crippen LogP contribution in [0.5, 0.6) is 0 Å². The minimum Gasteiger partial charge on any atom is -0.207 e. The lowest BCUT2D eigenvalue weighted by molar-refractivity contribution is 0.199. The maximum Gasteiger partial charge on any atom is 0.127 e. The topological polar surface area (TPSA) is 23.8 Å². The molecule has 0 N–H and O–H groups in total. The standard InChI is InChI=1S/C17H21BrFN/c1-2-3-13-6-8-17(12-20,9-7-13)11-14-4-5-15(18)10-16(14)19/h4-5,10,13H,2-3,6-9,11H2,1H3. The van der Waals surface area contributed by atoms with Gasteiger partial charge in [-0.3, -0.25) is 0 Å². The molecule has 0 saturated heterocycles. The summed E-state index contributed by atoms with van der Waals surface area (Å²) in [5, 5.41) is 9.58. The second-order valence-corrected chi connectivity index (χ2v) is 6.95. The largest absolute Gasteiger partial charge is 0.207 e. The van der Waals surface area contributed by atoms with E-state index in [-0.39, 0.29) is 11.2 Å². The number of nitriles is 1. The van der Waals surface area contributed by atoms with Gasteiger partial charge < -0.3 is 0 Å². The highest BCUT2D eigenvalue weighted by atomic mass is 79.9. The first kappa shape index (κ1) is 15.5. The van der Waals surface area contributed by atoms with Crippen molar-refractivity contribution in [2.24, 2.45) is 11.3 Å². The molecule has 1 aromatic rings. The predicted molar refractivity (Wildman–Crippen MR) is 82.7 cm³/mol. The number of benzene rings is 1. The number of nitrogens with zero attached hydrogens (tertiary/aromatic N) is 1. The fourth-order valence-corrected chi connectivity index (χ4v) is 3.62. The molecule has 1 aliphatic rings. The molecule has 3 heteroatoms. The van der Waals surface area contributed by atoms with E-state index in [1.807, 2.05) is 6.07 Å². The molecule has 0 radical (unpaired) electrons. The number of halogens is 2. The maximum absolute atomic E-state index is 14.0. The van der Waals surface area contributed by atoms with Gasteiger partial charge in [0.05, 0.1) is 11.5 Å². The molecule has 0 unspecified atom stereocenters. The minimum atomic E-state index is -0.362. The first-order valence-electron chi connectivity index (χ1n) is 7.44. The molecule has 2 rings (SSSR count). The Bertz CT molecular complexity index is 498. The molecule has 1 saturated carbocycles. The summed E-state index contributed by atoms with van der Waals surface area (Å²) in [5.41, 5.74) is 0.308. The lowest BCUT2D eigenvalue weighted by atomic mass is 9.67. The van der Waals surface area contributed by atoms with E-state index >= 15 is 0 Å². The van der Waals surface area contributed by atoms with Crippen LogP contribution in [-0.4, -0.2) is 0 Å². The normalized spacial score (nSPS) is 26.2. The van der Waals surface area contributed by atoms with Gasteiger partial charge in [-0.2, -0.15) is 5.26 Å². The van der Waals surface area contributed by atoms with Crippen molar-refractivity contribution < 1.29 is 4.39 Å². The van der Waals surface area contributed by atoms with Crippen LogP contribution in [0.15, 0.2) is 22.7 Å². The number of hydrogen-bond donors (Lipinski definition) is 0. The van der Waals surface area contributed by atoms with Crippen molar-refractivity contribution in [3.8, 4) is 6.07 Å².